The smallest absolute Gasteiger partial charge is 0.263 e. The van der Waals surface area contributed by atoms with E-state index < -0.39 is 6.10 Å². The Morgan fingerprint density at radius 2 is 2.05 bits per heavy atom. The molecular weight excluding hydrogens is 276 g/mol. The van der Waals surface area contributed by atoms with E-state index in [-0.39, 0.29) is 18.4 Å². The van der Waals surface area contributed by atoms with Crippen molar-refractivity contribution in [2.45, 2.75) is 20.0 Å². The maximum absolute atomic E-state index is 11.9. The molecule has 0 aliphatic rings. The van der Waals surface area contributed by atoms with Gasteiger partial charge in [0, 0.05) is 18.9 Å². The fourth-order valence-corrected chi connectivity index (χ4v) is 2.19. The van der Waals surface area contributed by atoms with Crippen LogP contribution in [0.1, 0.15) is 23.5 Å². The van der Waals surface area contributed by atoms with Gasteiger partial charge in [-0.25, -0.2) is 15.0 Å². The van der Waals surface area contributed by atoms with E-state index in [2.05, 4.69) is 20.3 Å². The molecule has 20 heavy (non-hydrogen) atoms. The first-order chi connectivity index (χ1) is 9.58. The molecule has 7 heteroatoms. The summed E-state index contributed by atoms with van der Waals surface area (Å²) in [6.45, 7) is 4.02. The SMILES string of the molecule is CC(C)C(O)CNC(=O)c1cnc(-c2ncccn2)s1. The summed E-state index contributed by atoms with van der Waals surface area (Å²) in [5.74, 6) is 0.355. The molecule has 0 aromatic carbocycles. The Labute approximate surface area is 120 Å². The van der Waals surface area contributed by atoms with E-state index in [1.807, 2.05) is 13.8 Å². The molecule has 106 valence electrons. The van der Waals surface area contributed by atoms with Gasteiger partial charge in [-0.2, -0.15) is 0 Å². The van der Waals surface area contributed by atoms with Gasteiger partial charge in [-0.3, -0.25) is 4.79 Å². The summed E-state index contributed by atoms with van der Waals surface area (Å²) in [6, 6.07) is 1.72. The first-order valence-electron chi connectivity index (χ1n) is 6.27. The second-order valence-electron chi connectivity index (χ2n) is 4.62. The van der Waals surface area contributed by atoms with Gasteiger partial charge >= 0.3 is 0 Å². The number of nitrogens with one attached hydrogen (secondary N) is 1. The fourth-order valence-electron chi connectivity index (χ4n) is 1.41. The van der Waals surface area contributed by atoms with E-state index in [0.717, 1.165) is 0 Å². The third kappa shape index (κ3) is 3.58. The van der Waals surface area contributed by atoms with Crippen LogP contribution in [0.25, 0.3) is 10.8 Å². The lowest BCUT2D eigenvalue weighted by molar-refractivity contribution is 0.0875. The van der Waals surface area contributed by atoms with Crippen molar-refractivity contribution in [1.29, 1.82) is 0 Å². The molecule has 2 heterocycles. The number of amides is 1. The average molecular weight is 292 g/mol. The zero-order valence-electron chi connectivity index (χ0n) is 11.3. The summed E-state index contributed by atoms with van der Waals surface area (Å²) in [4.78, 5) is 24.7. The maximum atomic E-state index is 11.9. The highest BCUT2D eigenvalue weighted by atomic mass is 32.1. The molecule has 2 aromatic rings. The van der Waals surface area contributed by atoms with E-state index in [0.29, 0.717) is 15.7 Å². The first kappa shape index (κ1) is 14.5. The molecule has 1 atom stereocenters. The summed E-state index contributed by atoms with van der Waals surface area (Å²) in [5.41, 5.74) is 0. The summed E-state index contributed by atoms with van der Waals surface area (Å²) in [5, 5.41) is 12.9. The van der Waals surface area contributed by atoms with Crippen LogP contribution in [0.4, 0.5) is 0 Å². The average Bonchev–Trinajstić information content (AvgIpc) is 2.95. The lowest BCUT2D eigenvalue weighted by atomic mass is 10.1. The van der Waals surface area contributed by atoms with Crippen LogP contribution in [0.3, 0.4) is 0 Å². The third-order valence-corrected chi connectivity index (χ3v) is 3.72. The second-order valence-corrected chi connectivity index (χ2v) is 5.65. The Balaban J connectivity index is 2.00. The van der Waals surface area contributed by atoms with E-state index in [9.17, 15) is 9.90 Å². The van der Waals surface area contributed by atoms with Crippen LogP contribution >= 0.6 is 11.3 Å². The number of aliphatic hydroxyl groups is 1. The zero-order chi connectivity index (χ0) is 14.5. The molecule has 0 radical (unpaired) electrons. The highest BCUT2D eigenvalue weighted by molar-refractivity contribution is 7.16. The van der Waals surface area contributed by atoms with Gasteiger partial charge < -0.3 is 10.4 Å². The Hall–Kier alpha value is -1.86. The number of carbonyl (C=O) groups is 1. The van der Waals surface area contributed by atoms with Crippen molar-refractivity contribution in [2.24, 2.45) is 5.92 Å². The molecule has 2 N–H and O–H groups in total. The van der Waals surface area contributed by atoms with Crippen LogP contribution in [0.15, 0.2) is 24.7 Å². The van der Waals surface area contributed by atoms with Gasteiger partial charge in [0.15, 0.2) is 10.8 Å². The number of aliphatic hydroxyl groups excluding tert-OH is 1. The Bertz CT molecular complexity index is 571. The van der Waals surface area contributed by atoms with Gasteiger partial charge in [-0.1, -0.05) is 13.8 Å². The van der Waals surface area contributed by atoms with Gasteiger partial charge in [0.1, 0.15) is 4.88 Å². The normalized spacial score (nSPS) is 12.4. The van der Waals surface area contributed by atoms with Crippen molar-refractivity contribution in [3.63, 3.8) is 0 Å². The number of nitrogens with zero attached hydrogens (tertiary/aromatic N) is 3. The second kappa shape index (κ2) is 6.53. The quantitative estimate of drug-likeness (QED) is 0.868. The van der Waals surface area contributed by atoms with E-state index >= 15 is 0 Å². The highest BCUT2D eigenvalue weighted by Gasteiger charge is 2.15. The number of carbonyl (C=O) groups excluding carboxylic acids is 1. The minimum absolute atomic E-state index is 0.102. The van der Waals surface area contributed by atoms with Crippen molar-refractivity contribution in [3.05, 3.63) is 29.5 Å². The minimum Gasteiger partial charge on any atom is -0.391 e. The van der Waals surface area contributed by atoms with Crippen LogP contribution in [0, 0.1) is 5.92 Å². The van der Waals surface area contributed by atoms with E-state index in [1.54, 1.807) is 18.5 Å². The molecule has 0 saturated carbocycles. The van der Waals surface area contributed by atoms with Crippen molar-refractivity contribution in [1.82, 2.24) is 20.3 Å². The molecular formula is C13H16N4O2S. The molecule has 0 spiro atoms. The zero-order valence-corrected chi connectivity index (χ0v) is 12.1. The highest BCUT2D eigenvalue weighted by Crippen LogP contribution is 2.21. The Morgan fingerprint density at radius 1 is 1.35 bits per heavy atom. The standard InChI is InChI=1S/C13H16N4O2S/c1-8(2)9(18)6-16-12(19)10-7-17-13(20-10)11-14-4-3-5-15-11/h3-5,7-9,18H,6H2,1-2H3,(H,16,19). The largest absolute Gasteiger partial charge is 0.391 e. The predicted octanol–water partition coefficient (Wildman–Crippen LogP) is 1.35. The number of rotatable bonds is 5. The number of hydrogen-bond donors (Lipinski definition) is 2. The van der Waals surface area contributed by atoms with Crippen LogP contribution in [0.2, 0.25) is 0 Å². The first-order valence-corrected chi connectivity index (χ1v) is 7.09. The molecule has 0 bridgehead atoms. The number of hydrogen-bond acceptors (Lipinski definition) is 6. The van der Waals surface area contributed by atoms with Crippen LogP contribution in [-0.4, -0.2) is 38.6 Å². The summed E-state index contributed by atoms with van der Waals surface area (Å²) in [7, 11) is 0. The van der Waals surface area contributed by atoms with Gasteiger partial charge in [-0.05, 0) is 12.0 Å². The Kier molecular flexibility index (Phi) is 4.75. The number of aromatic nitrogens is 3. The molecule has 1 unspecified atom stereocenters. The molecule has 2 aromatic heterocycles. The molecule has 0 aliphatic heterocycles. The molecule has 0 fully saturated rings. The van der Waals surface area contributed by atoms with Crippen molar-refractivity contribution >= 4 is 17.2 Å². The molecule has 0 saturated heterocycles. The topological polar surface area (TPSA) is 88.0 Å². The third-order valence-electron chi connectivity index (χ3n) is 2.73. The van der Waals surface area contributed by atoms with Crippen molar-refractivity contribution in [2.75, 3.05) is 6.54 Å². The van der Waals surface area contributed by atoms with Crippen molar-refractivity contribution < 1.29 is 9.90 Å². The van der Waals surface area contributed by atoms with E-state index in [1.165, 1.54) is 17.5 Å². The molecule has 1 amide bonds. The molecule has 6 nitrogen and oxygen atoms in total. The molecule has 0 aliphatic carbocycles. The van der Waals surface area contributed by atoms with Gasteiger partial charge in [0.05, 0.1) is 12.3 Å². The lowest BCUT2D eigenvalue weighted by Crippen LogP contribution is -2.34. The van der Waals surface area contributed by atoms with Gasteiger partial charge in [-0.15, -0.1) is 11.3 Å². The lowest BCUT2D eigenvalue weighted by Gasteiger charge is -2.14. The monoisotopic (exact) mass is 292 g/mol. The minimum atomic E-state index is -0.552. The maximum Gasteiger partial charge on any atom is 0.263 e. The van der Waals surface area contributed by atoms with E-state index in [4.69, 9.17) is 0 Å². The van der Waals surface area contributed by atoms with Crippen molar-refractivity contribution in [3.8, 4) is 10.8 Å². The summed E-state index contributed by atoms with van der Waals surface area (Å²) >= 11 is 1.22. The van der Waals surface area contributed by atoms with Crippen LogP contribution in [0.5, 0.6) is 0 Å². The molecule has 2 rings (SSSR count). The summed E-state index contributed by atoms with van der Waals surface area (Å²) in [6.07, 6.45) is 4.20. The fraction of sp³-hybridized carbons (Fsp3) is 0.385. The summed E-state index contributed by atoms with van der Waals surface area (Å²) < 4.78 is 0. The van der Waals surface area contributed by atoms with Crippen LogP contribution in [-0.2, 0) is 0 Å². The van der Waals surface area contributed by atoms with Gasteiger partial charge in [0.25, 0.3) is 5.91 Å². The van der Waals surface area contributed by atoms with Gasteiger partial charge in [0.2, 0.25) is 0 Å². The number of thiazole rings is 1. The predicted molar refractivity (Wildman–Crippen MR) is 76.3 cm³/mol. The van der Waals surface area contributed by atoms with Crippen LogP contribution < -0.4 is 5.32 Å². The Morgan fingerprint density at radius 3 is 2.70 bits per heavy atom.